The molecule has 3 rings (SSSR count). The van der Waals surface area contributed by atoms with Crippen molar-refractivity contribution in [3.63, 3.8) is 0 Å². The van der Waals surface area contributed by atoms with E-state index < -0.39 is 10.0 Å². The summed E-state index contributed by atoms with van der Waals surface area (Å²) in [5.41, 5.74) is 0. The predicted molar refractivity (Wildman–Crippen MR) is 112 cm³/mol. The lowest BCUT2D eigenvalue weighted by Gasteiger charge is -2.37. The SMILES string of the molecule is COc1ccc(S(=O)(=O)N2CCN(C(=S)NC3CCCCC3)CC2)cc1OC. The Morgan fingerprint density at radius 2 is 1.68 bits per heavy atom. The minimum Gasteiger partial charge on any atom is -0.493 e. The third kappa shape index (κ3) is 4.69. The maximum atomic E-state index is 13.0. The molecule has 0 radical (unpaired) electrons. The Bertz CT molecular complexity index is 786. The van der Waals surface area contributed by atoms with Crippen LogP contribution in [-0.4, -0.2) is 69.2 Å². The normalized spacial score (nSPS) is 19.3. The van der Waals surface area contributed by atoms with Crippen molar-refractivity contribution in [3.8, 4) is 11.5 Å². The summed E-state index contributed by atoms with van der Waals surface area (Å²) in [4.78, 5) is 2.28. The predicted octanol–water partition coefficient (Wildman–Crippen LogP) is 2.22. The van der Waals surface area contributed by atoms with Gasteiger partial charge in [-0.05, 0) is 37.2 Å². The Morgan fingerprint density at radius 3 is 2.29 bits per heavy atom. The molecule has 1 saturated carbocycles. The van der Waals surface area contributed by atoms with Gasteiger partial charge in [-0.1, -0.05) is 19.3 Å². The maximum Gasteiger partial charge on any atom is 0.243 e. The number of hydrogen-bond acceptors (Lipinski definition) is 5. The lowest BCUT2D eigenvalue weighted by Crippen LogP contribution is -2.54. The molecule has 9 heteroatoms. The van der Waals surface area contributed by atoms with Gasteiger partial charge in [0.25, 0.3) is 0 Å². The first kappa shape index (κ1) is 21.1. The molecule has 1 aromatic carbocycles. The second-order valence-corrected chi connectivity index (χ2v) is 9.52. The summed E-state index contributed by atoms with van der Waals surface area (Å²) in [6.07, 6.45) is 6.12. The molecule has 2 aliphatic rings. The van der Waals surface area contributed by atoms with Crippen molar-refractivity contribution < 1.29 is 17.9 Å². The van der Waals surface area contributed by atoms with Gasteiger partial charge in [0.2, 0.25) is 10.0 Å². The van der Waals surface area contributed by atoms with E-state index in [1.54, 1.807) is 12.1 Å². The van der Waals surface area contributed by atoms with Crippen LogP contribution < -0.4 is 14.8 Å². The first-order valence-electron chi connectivity index (χ1n) is 9.73. The van der Waals surface area contributed by atoms with Crippen LogP contribution in [-0.2, 0) is 10.0 Å². The van der Waals surface area contributed by atoms with Crippen LogP contribution >= 0.6 is 12.2 Å². The molecule has 0 unspecified atom stereocenters. The summed E-state index contributed by atoms with van der Waals surface area (Å²) in [5.74, 6) is 0.908. The monoisotopic (exact) mass is 427 g/mol. The maximum absolute atomic E-state index is 13.0. The number of thiocarbonyl (C=S) groups is 1. The van der Waals surface area contributed by atoms with E-state index in [-0.39, 0.29) is 4.90 Å². The first-order chi connectivity index (χ1) is 13.5. The average Bonchev–Trinajstić information content (AvgIpc) is 2.74. The standard InChI is InChI=1S/C19H29N3O4S2/c1-25-17-9-8-16(14-18(17)26-2)28(23,24)22-12-10-21(11-13-22)19(27)20-15-6-4-3-5-7-15/h8-9,14-15H,3-7,10-13H2,1-2H3,(H,20,27). The van der Waals surface area contributed by atoms with E-state index in [1.807, 2.05) is 0 Å². The molecule has 1 aromatic rings. The highest BCUT2D eigenvalue weighted by Crippen LogP contribution is 2.31. The lowest BCUT2D eigenvalue weighted by atomic mass is 9.96. The van der Waals surface area contributed by atoms with E-state index in [2.05, 4.69) is 10.2 Å². The molecule has 0 aromatic heterocycles. The molecule has 0 spiro atoms. The summed E-state index contributed by atoms with van der Waals surface area (Å²) < 4.78 is 38.0. The Labute approximate surface area is 173 Å². The number of nitrogens with one attached hydrogen (secondary N) is 1. The van der Waals surface area contributed by atoms with Gasteiger partial charge in [0, 0.05) is 38.3 Å². The Balaban J connectivity index is 1.61. The van der Waals surface area contributed by atoms with Crippen LogP contribution in [0.25, 0.3) is 0 Å². The molecule has 1 aliphatic heterocycles. The third-order valence-electron chi connectivity index (χ3n) is 5.45. The van der Waals surface area contributed by atoms with Crippen LogP contribution in [0.2, 0.25) is 0 Å². The van der Waals surface area contributed by atoms with Crippen LogP contribution in [0.15, 0.2) is 23.1 Å². The second-order valence-electron chi connectivity index (χ2n) is 7.19. The fraction of sp³-hybridized carbons (Fsp3) is 0.632. The van der Waals surface area contributed by atoms with Gasteiger partial charge in [-0.3, -0.25) is 0 Å². The molecule has 156 valence electrons. The average molecular weight is 428 g/mol. The number of piperazine rings is 1. The molecule has 7 nitrogen and oxygen atoms in total. The van der Waals surface area contributed by atoms with Gasteiger partial charge < -0.3 is 19.7 Å². The highest BCUT2D eigenvalue weighted by atomic mass is 32.2. The van der Waals surface area contributed by atoms with Gasteiger partial charge in [0.15, 0.2) is 16.6 Å². The lowest BCUT2D eigenvalue weighted by molar-refractivity contribution is 0.259. The third-order valence-corrected chi connectivity index (χ3v) is 7.72. The number of benzene rings is 1. The Hall–Kier alpha value is -1.58. The summed E-state index contributed by atoms with van der Waals surface area (Å²) in [6, 6.07) is 5.13. The highest BCUT2D eigenvalue weighted by molar-refractivity contribution is 7.89. The Kier molecular flexibility index (Phi) is 7.00. The minimum absolute atomic E-state index is 0.210. The number of rotatable bonds is 5. The molecule has 1 saturated heterocycles. The van der Waals surface area contributed by atoms with E-state index in [0.29, 0.717) is 43.7 Å². The molecule has 2 fully saturated rings. The van der Waals surface area contributed by atoms with E-state index >= 15 is 0 Å². The number of methoxy groups -OCH3 is 2. The molecule has 0 bridgehead atoms. The largest absolute Gasteiger partial charge is 0.493 e. The van der Waals surface area contributed by atoms with Crippen molar-refractivity contribution in [2.75, 3.05) is 40.4 Å². The van der Waals surface area contributed by atoms with Crippen LogP contribution in [0.1, 0.15) is 32.1 Å². The number of hydrogen-bond donors (Lipinski definition) is 1. The summed E-state index contributed by atoms with van der Waals surface area (Å²) in [7, 11) is -0.572. The Morgan fingerprint density at radius 1 is 1.04 bits per heavy atom. The van der Waals surface area contributed by atoms with Gasteiger partial charge in [-0.2, -0.15) is 4.31 Å². The molecule has 1 N–H and O–H groups in total. The van der Waals surface area contributed by atoms with E-state index in [0.717, 1.165) is 18.0 Å². The summed E-state index contributed by atoms with van der Waals surface area (Å²) in [6.45, 7) is 1.99. The fourth-order valence-corrected chi connectivity index (χ4v) is 5.56. The van der Waals surface area contributed by atoms with Crippen molar-refractivity contribution in [2.45, 2.75) is 43.0 Å². The minimum atomic E-state index is -3.59. The quantitative estimate of drug-likeness (QED) is 0.723. The molecule has 0 amide bonds. The molecular weight excluding hydrogens is 398 g/mol. The number of nitrogens with zero attached hydrogens (tertiary/aromatic N) is 2. The zero-order chi connectivity index (χ0) is 20.1. The van der Waals surface area contributed by atoms with E-state index in [1.165, 1.54) is 43.9 Å². The van der Waals surface area contributed by atoms with Crippen LogP contribution in [0, 0.1) is 0 Å². The first-order valence-corrected chi connectivity index (χ1v) is 11.6. The molecule has 28 heavy (non-hydrogen) atoms. The van der Waals surface area contributed by atoms with Gasteiger partial charge in [0.05, 0.1) is 19.1 Å². The van der Waals surface area contributed by atoms with Gasteiger partial charge in [-0.25, -0.2) is 8.42 Å². The van der Waals surface area contributed by atoms with Gasteiger partial charge in [-0.15, -0.1) is 0 Å². The summed E-state index contributed by atoms with van der Waals surface area (Å²) >= 11 is 5.56. The molecule has 1 aliphatic carbocycles. The molecule has 0 atom stereocenters. The van der Waals surface area contributed by atoms with Crippen molar-refractivity contribution >= 4 is 27.4 Å². The van der Waals surface area contributed by atoms with Crippen LogP contribution in [0.5, 0.6) is 11.5 Å². The smallest absolute Gasteiger partial charge is 0.243 e. The van der Waals surface area contributed by atoms with Crippen molar-refractivity contribution in [1.29, 1.82) is 0 Å². The fourth-order valence-electron chi connectivity index (χ4n) is 3.77. The highest BCUT2D eigenvalue weighted by Gasteiger charge is 2.30. The van der Waals surface area contributed by atoms with Gasteiger partial charge >= 0.3 is 0 Å². The molecule has 1 heterocycles. The topological polar surface area (TPSA) is 71.1 Å². The molecular formula is C19H29N3O4S2. The van der Waals surface area contributed by atoms with E-state index in [4.69, 9.17) is 21.7 Å². The zero-order valence-electron chi connectivity index (χ0n) is 16.5. The number of ether oxygens (including phenoxy) is 2. The van der Waals surface area contributed by atoms with Crippen LogP contribution in [0.3, 0.4) is 0 Å². The van der Waals surface area contributed by atoms with E-state index in [9.17, 15) is 8.42 Å². The van der Waals surface area contributed by atoms with Crippen LogP contribution in [0.4, 0.5) is 0 Å². The van der Waals surface area contributed by atoms with Crippen molar-refractivity contribution in [3.05, 3.63) is 18.2 Å². The van der Waals surface area contributed by atoms with Crippen molar-refractivity contribution in [2.24, 2.45) is 0 Å². The second kappa shape index (κ2) is 9.28. The zero-order valence-corrected chi connectivity index (χ0v) is 18.2. The summed E-state index contributed by atoms with van der Waals surface area (Å²) in [5, 5.41) is 4.21. The number of sulfonamides is 1. The van der Waals surface area contributed by atoms with Crippen molar-refractivity contribution in [1.82, 2.24) is 14.5 Å². The van der Waals surface area contributed by atoms with Gasteiger partial charge in [0.1, 0.15) is 0 Å².